The number of Topliss-reactive ketones (excluding diaryl/α,β-unsaturated/α-hetero) is 1. The van der Waals surface area contributed by atoms with E-state index in [4.69, 9.17) is 11.6 Å². The molecule has 0 amide bonds. The van der Waals surface area contributed by atoms with Gasteiger partial charge in [-0.25, -0.2) is 0 Å². The minimum Gasteiger partial charge on any atom is -0.404 e. The number of rotatable bonds is 4. The highest BCUT2D eigenvalue weighted by atomic mass is 35.5. The second-order valence-corrected chi connectivity index (χ2v) is 5.26. The van der Waals surface area contributed by atoms with Gasteiger partial charge in [0.25, 0.3) is 0 Å². The van der Waals surface area contributed by atoms with Crippen LogP contribution >= 0.6 is 11.6 Å². The molecule has 1 aromatic carbocycles. The zero-order chi connectivity index (χ0) is 19.2. The third-order valence-electron chi connectivity index (χ3n) is 2.38. The molecule has 0 saturated carbocycles. The van der Waals surface area contributed by atoms with E-state index in [0.29, 0.717) is 5.56 Å². The fourth-order valence-electron chi connectivity index (χ4n) is 1.57. The predicted molar refractivity (Wildman–Crippen MR) is 82.5 cm³/mol. The lowest BCUT2D eigenvalue weighted by Gasteiger charge is -2.11. The Hall–Kier alpha value is -2.62. The summed E-state index contributed by atoms with van der Waals surface area (Å²) in [5.74, 6) is -0.723. The quantitative estimate of drug-likeness (QED) is 0.592. The van der Waals surface area contributed by atoms with Gasteiger partial charge in [-0.1, -0.05) is 17.7 Å². The lowest BCUT2D eigenvalue weighted by atomic mass is 10.2. The highest BCUT2D eigenvalue weighted by molar-refractivity contribution is 6.32. The fraction of sp³-hybridized carbons (Fsp3) is 0.286. The summed E-state index contributed by atoms with van der Waals surface area (Å²) in [7, 11) is 0. The Bertz CT molecular complexity index is 758. The molecule has 0 unspecified atom stereocenters. The minimum absolute atomic E-state index is 0.0409. The lowest BCUT2D eigenvalue weighted by Crippen LogP contribution is -2.17. The summed E-state index contributed by atoms with van der Waals surface area (Å²) < 4.78 is 41.6. The number of ether oxygens (including phenoxy) is 1. The third-order valence-corrected chi connectivity index (χ3v) is 2.69. The van der Waals surface area contributed by atoms with E-state index in [9.17, 15) is 28.1 Å². The Balaban J connectivity index is 0.000000705. The predicted octanol–water partition coefficient (Wildman–Crippen LogP) is 3.99. The van der Waals surface area contributed by atoms with Crippen molar-refractivity contribution in [2.75, 3.05) is 0 Å². The van der Waals surface area contributed by atoms with E-state index in [0.717, 1.165) is 6.07 Å². The van der Waals surface area contributed by atoms with Gasteiger partial charge in [0.1, 0.15) is 11.5 Å². The van der Waals surface area contributed by atoms with E-state index in [-0.39, 0.29) is 23.2 Å². The van der Waals surface area contributed by atoms with Gasteiger partial charge in [-0.3, -0.25) is 0 Å². The summed E-state index contributed by atoms with van der Waals surface area (Å²) in [6, 6.07) is 5.00. The first kappa shape index (κ1) is 20.4. The standard InChI is InChI=1S/C11H7ClF3N3O3.C3H6O/c12-8-2-1-7(5-9(8)21-11(13,14)15)6-17-4-3-10(16-17)18(19)20;1-3(2)4/h1-5H,6H2;1-2H3. The molecule has 25 heavy (non-hydrogen) atoms. The van der Waals surface area contributed by atoms with Crippen molar-refractivity contribution in [3.8, 4) is 5.75 Å². The Labute approximate surface area is 145 Å². The average molecular weight is 380 g/mol. The van der Waals surface area contributed by atoms with E-state index in [1.165, 1.54) is 42.9 Å². The van der Waals surface area contributed by atoms with Gasteiger partial charge in [-0.2, -0.15) is 4.68 Å². The molecule has 0 radical (unpaired) electrons. The Morgan fingerprint density at radius 2 is 1.96 bits per heavy atom. The molecule has 0 N–H and O–H groups in total. The van der Waals surface area contributed by atoms with Crippen LogP contribution in [0.4, 0.5) is 19.0 Å². The van der Waals surface area contributed by atoms with Crippen LogP contribution in [0.5, 0.6) is 5.75 Å². The van der Waals surface area contributed by atoms with Crippen molar-refractivity contribution in [1.82, 2.24) is 9.78 Å². The van der Waals surface area contributed by atoms with E-state index < -0.39 is 17.0 Å². The van der Waals surface area contributed by atoms with Gasteiger partial charge >= 0.3 is 12.2 Å². The van der Waals surface area contributed by atoms with Gasteiger partial charge in [0.15, 0.2) is 0 Å². The number of alkyl halides is 3. The molecule has 2 aromatic rings. The van der Waals surface area contributed by atoms with E-state index in [2.05, 4.69) is 9.84 Å². The molecule has 1 heterocycles. The molecule has 0 bridgehead atoms. The molecule has 7 nitrogen and oxygen atoms in total. The minimum atomic E-state index is -4.85. The summed E-state index contributed by atoms with van der Waals surface area (Å²) >= 11 is 5.61. The van der Waals surface area contributed by atoms with Crippen LogP contribution in [0.2, 0.25) is 5.02 Å². The summed E-state index contributed by atoms with van der Waals surface area (Å²) in [4.78, 5) is 19.3. The van der Waals surface area contributed by atoms with Gasteiger partial charge in [-0.15, -0.1) is 13.2 Å². The van der Waals surface area contributed by atoms with Crippen molar-refractivity contribution < 1.29 is 27.6 Å². The van der Waals surface area contributed by atoms with Crippen molar-refractivity contribution in [3.63, 3.8) is 0 Å². The SMILES string of the molecule is CC(C)=O.O=[N+]([O-])c1ccn(Cc2ccc(Cl)c(OC(F)(F)F)c2)n1. The van der Waals surface area contributed by atoms with Crippen LogP contribution in [-0.2, 0) is 11.3 Å². The van der Waals surface area contributed by atoms with E-state index in [1.807, 2.05) is 0 Å². The van der Waals surface area contributed by atoms with Gasteiger partial charge < -0.3 is 19.6 Å². The van der Waals surface area contributed by atoms with Crippen molar-refractivity contribution in [2.45, 2.75) is 26.8 Å². The molecule has 0 spiro atoms. The molecular weight excluding hydrogens is 367 g/mol. The van der Waals surface area contributed by atoms with Gasteiger partial charge in [-0.05, 0) is 36.5 Å². The van der Waals surface area contributed by atoms with Crippen molar-refractivity contribution in [1.29, 1.82) is 0 Å². The maximum atomic E-state index is 12.2. The molecule has 0 saturated heterocycles. The van der Waals surface area contributed by atoms with Crippen molar-refractivity contribution >= 4 is 23.2 Å². The molecule has 0 aliphatic heterocycles. The number of aromatic nitrogens is 2. The van der Waals surface area contributed by atoms with Crippen molar-refractivity contribution in [2.24, 2.45) is 0 Å². The molecule has 0 aliphatic carbocycles. The largest absolute Gasteiger partial charge is 0.573 e. The molecule has 1 aromatic heterocycles. The number of nitrogens with zero attached hydrogens (tertiary/aromatic N) is 3. The summed E-state index contributed by atoms with van der Waals surface area (Å²) in [5, 5.41) is 14.0. The number of halogens is 4. The normalized spacial score (nSPS) is 10.6. The topological polar surface area (TPSA) is 87.3 Å². The summed E-state index contributed by atoms with van der Waals surface area (Å²) in [5.41, 5.74) is 0.400. The number of hydrogen-bond acceptors (Lipinski definition) is 5. The van der Waals surface area contributed by atoms with Crippen LogP contribution < -0.4 is 4.74 Å². The first-order valence-electron chi connectivity index (χ1n) is 6.67. The highest BCUT2D eigenvalue weighted by Crippen LogP contribution is 2.31. The van der Waals surface area contributed by atoms with Crippen LogP contribution in [0.15, 0.2) is 30.5 Å². The zero-order valence-electron chi connectivity index (χ0n) is 13.1. The molecule has 0 atom stereocenters. The second-order valence-electron chi connectivity index (χ2n) is 4.85. The second kappa shape index (κ2) is 8.47. The van der Waals surface area contributed by atoms with Crippen LogP contribution in [0, 0.1) is 10.1 Å². The molecule has 2 rings (SSSR count). The first-order chi connectivity index (χ1) is 11.5. The van der Waals surface area contributed by atoms with Gasteiger partial charge in [0.05, 0.1) is 28.9 Å². The molecule has 0 aliphatic rings. The number of benzene rings is 1. The highest BCUT2D eigenvalue weighted by Gasteiger charge is 2.32. The molecular formula is C14H13ClF3N3O4. The van der Waals surface area contributed by atoms with Crippen LogP contribution in [0.25, 0.3) is 0 Å². The van der Waals surface area contributed by atoms with Gasteiger partial charge in [0.2, 0.25) is 0 Å². The maximum absolute atomic E-state index is 12.2. The first-order valence-corrected chi connectivity index (χ1v) is 7.05. The monoisotopic (exact) mass is 379 g/mol. The Morgan fingerprint density at radius 3 is 2.44 bits per heavy atom. The number of nitro groups is 1. The smallest absolute Gasteiger partial charge is 0.404 e. The fourth-order valence-corrected chi connectivity index (χ4v) is 1.73. The Kier molecular flexibility index (Phi) is 6.92. The number of ketones is 1. The summed E-state index contributed by atoms with van der Waals surface area (Å²) in [6.45, 7) is 3.10. The Morgan fingerprint density at radius 1 is 1.36 bits per heavy atom. The maximum Gasteiger partial charge on any atom is 0.573 e. The summed E-state index contributed by atoms with van der Waals surface area (Å²) in [6.07, 6.45) is -3.51. The molecule has 136 valence electrons. The third kappa shape index (κ3) is 7.66. The lowest BCUT2D eigenvalue weighted by molar-refractivity contribution is -0.389. The van der Waals surface area contributed by atoms with Crippen molar-refractivity contribution in [3.05, 3.63) is 51.2 Å². The average Bonchev–Trinajstić information content (AvgIpc) is 2.89. The molecule has 11 heteroatoms. The molecule has 0 fully saturated rings. The van der Waals surface area contributed by atoms with E-state index >= 15 is 0 Å². The van der Waals surface area contributed by atoms with Crippen LogP contribution in [0.3, 0.4) is 0 Å². The van der Waals surface area contributed by atoms with Crippen LogP contribution in [0.1, 0.15) is 19.4 Å². The zero-order valence-corrected chi connectivity index (χ0v) is 13.8. The number of carbonyl (C=O) groups is 1. The van der Waals surface area contributed by atoms with E-state index in [1.54, 1.807) is 0 Å². The van der Waals surface area contributed by atoms with Gasteiger partial charge in [0, 0.05) is 0 Å². The van der Waals surface area contributed by atoms with Crippen LogP contribution in [-0.4, -0.2) is 26.8 Å². The number of carbonyl (C=O) groups excluding carboxylic acids is 1. The number of hydrogen-bond donors (Lipinski definition) is 0.